The Bertz CT molecular complexity index is 810. The molecule has 122 valence electrons. The van der Waals surface area contributed by atoms with Crippen LogP contribution in [0.15, 0.2) is 18.2 Å². The van der Waals surface area contributed by atoms with Gasteiger partial charge in [-0.25, -0.2) is 14.2 Å². The van der Waals surface area contributed by atoms with Crippen LogP contribution in [0.5, 0.6) is 0 Å². The summed E-state index contributed by atoms with van der Waals surface area (Å²) in [5, 5.41) is 7.89. The number of nitrogen functional groups attached to an aromatic ring is 1. The van der Waals surface area contributed by atoms with E-state index in [0.717, 1.165) is 6.07 Å². The van der Waals surface area contributed by atoms with Crippen molar-refractivity contribution in [3.05, 3.63) is 45.3 Å². The lowest BCUT2D eigenvalue weighted by molar-refractivity contribution is -0.137. The van der Waals surface area contributed by atoms with Gasteiger partial charge in [0.15, 0.2) is 11.5 Å². The van der Waals surface area contributed by atoms with E-state index in [1.165, 1.54) is 0 Å². The van der Waals surface area contributed by atoms with Crippen LogP contribution in [0.1, 0.15) is 16.1 Å². The Morgan fingerprint density at radius 2 is 1.87 bits per heavy atom. The van der Waals surface area contributed by atoms with Crippen molar-refractivity contribution in [2.24, 2.45) is 0 Å². The molecular formula is C13H6Cl2F4N2O2. The van der Waals surface area contributed by atoms with Gasteiger partial charge in [-0.1, -0.05) is 29.3 Å². The van der Waals surface area contributed by atoms with Crippen LogP contribution < -0.4 is 5.73 Å². The lowest BCUT2D eigenvalue weighted by Crippen LogP contribution is -2.09. The first-order valence-corrected chi connectivity index (χ1v) is 6.54. The first-order valence-electron chi connectivity index (χ1n) is 5.79. The molecule has 1 heterocycles. The molecule has 2 aromatic rings. The molecule has 0 radical (unpaired) electrons. The molecule has 0 bridgehead atoms. The molecule has 0 saturated carbocycles. The standard InChI is InChI=1S/C13H6Cl2F4N2O2/c14-6-3-4(13(17,18)19)1-2-5(6)10-8(16)9(20)7(15)11(21-10)12(22)23/h1-3H,(H2,20,21)(H,22,23). The molecule has 1 aromatic carbocycles. The molecule has 0 atom stereocenters. The summed E-state index contributed by atoms with van der Waals surface area (Å²) in [7, 11) is 0. The van der Waals surface area contributed by atoms with Crippen LogP contribution in [0, 0.1) is 5.82 Å². The maximum absolute atomic E-state index is 14.2. The number of hydrogen-bond acceptors (Lipinski definition) is 3. The molecule has 3 N–H and O–H groups in total. The molecule has 0 aliphatic rings. The minimum Gasteiger partial charge on any atom is -0.476 e. The highest BCUT2D eigenvalue weighted by molar-refractivity contribution is 6.36. The van der Waals surface area contributed by atoms with Crippen molar-refractivity contribution in [2.75, 3.05) is 5.73 Å². The van der Waals surface area contributed by atoms with E-state index in [1.807, 2.05) is 0 Å². The Balaban J connectivity index is 2.70. The number of anilines is 1. The van der Waals surface area contributed by atoms with Gasteiger partial charge in [-0.3, -0.25) is 0 Å². The van der Waals surface area contributed by atoms with Gasteiger partial charge in [0.2, 0.25) is 0 Å². The fourth-order valence-electron chi connectivity index (χ4n) is 1.77. The first kappa shape index (κ1) is 17.3. The lowest BCUT2D eigenvalue weighted by atomic mass is 10.1. The number of halogens is 6. The fourth-order valence-corrected chi connectivity index (χ4v) is 2.24. The second kappa shape index (κ2) is 5.86. The normalized spacial score (nSPS) is 11.6. The van der Waals surface area contributed by atoms with Crippen molar-refractivity contribution in [1.29, 1.82) is 0 Å². The van der Waals surface area contributed by atoms with Gasteiger partial charge in [0, 0.05) is 5.56 Å². The van der Waals surface area contributed by atoms with Crippen LogP contribution in [-0.2, 0) is 6.18 Å². The Labute approximate surface area is 136 Å². The fraction of sp³-hybridized carbons (Fsp3) is 0.0769. The number of nitrogens with zero attached hydrogens (tertiary/aromatic N) is 1. The molecule has 0 aliphatic carbocycles. The van der Waals surface area contributed by atoms with Gasteiger partial charge in [-0.15, -0.1) is 0 Å². The van der Waals surface area contributed by atoms with Crippen LogP contribution in [0.25, 0.3) is 11.3 Å². The molecule has 0 amide bonds. The van der Waals surface area contributed by atoms with Crippen molar-refractivity contribution in [3.8, 4) is 11.3 Å². The third-order valence-electron chi connectivity index (χ3n) is 2.87. The molecule has 0 fully saturated rings. The van der Waals surface area contributed by atoms with Crippen molar-refractivity contribution in [2.45, 2.75) is 6.18 Å². The summed E-state index contributed by atoms with van der Waals surface area (Å²) in [5.74, 6) is -2.76. The maximum Gasteiger partial charge on any atom is 0.416 e. The van der Waals surface area contributed by atoms with Gasteiger partial charge < -0.3 is 10.8 Å². The predicted octanol–water partition coefficient (Wildman–Crippen LogP) is 4.49. The molecule has 23 heavy (non-hydrogen) atoms. The Hall–Kier alpha value is -2.06. The van der Waals surface area contributed by atoms with Gasteiger partial charge in [-0.2, -0.15) is 13.2 Å². The summed E-state index contributed by atoms with van der Waals surface area (Å²) < 4.78 is 52.0. The van der Waals surface area contributed by atoms with E-state index in [-0.39, 0.29) is 5.56 Å². The number of aromatic nitrogens is 1. The molecule has 0 aliphatic heterocycles. The molecule has 2 rings (SSSR count). The van der Waals surface area contributed by atoms with Crippen molar-refractivity contribution >= 4 is 34.9 Å². The van der Waals surface area contributed by atoms with Gasteiger partial charge in [0.1, 0.15) is 5.69 Å². The molecule has 10 heteroatoms. The quantitative estimate of drug-likeness (QED) is 0.765. The van der Waals surface area contributed by atoms with Crippen molar-refractivity contribution < 1.29 is 27.5 Å². The zero-order valence-electron chi connectivity index (χ0n) is 10.9. The van der Waals surface area contributed by atoms with Gasteiger partial charge in [-0.05, 0) is 12.1 Å². The monoisotopic (exact) mass is 368 g/mol. The van der Waals surface area contributed by atoms with E-state index < -0.39 is 50.6 Å². The Morgan fingerprint density at radius 3 is 2.35 bits per heavy atom. The highest BCUT2D eigenvalue weighted by Gasteiger charge is 2.31. The predicted molar refractivity (Wildman–Crippen MR) is 76.0 cm³/mol. The van der Waals surface area contributed by atoms with E-state index in [9.17, 15) is 22.4 Å². The van der Waals surface area contributed by atoms with Crippen LogP contribution in [0.3, 0.4) is 0 Å². The summed E-state index contributed by atoms with van der Waals surface area (Å²) in [6.07, 6.45) is -4.64. The number of nitrogens with two attached hydrogens (primary N) is 1. The molecule has 0 spiro atoms. The molecule has 0 unspecified atom stereocenters. The van der Waals surface area contributed by atoms with Gasteiger partial charge >= 0.3 is 12.1 Å². The number of carbonyl (C=O) groups is 1. The second-order valence-electron chi connectivity index (χ2n) is 4.35. The maximum atomic E-state index is 14.2. The van der Waals surface area contributed by atoms with Crippen molar-refractivity contribution in [3.63, 3.8) is 0 Å². The second-order valence-corrected chi connectivity index (χ2v) is 5.13. The zero-order valence-corrected chi connectivity index (χ0v) is 12.4. The molecule has 0 saturated heterocycles. The smallest absolute Gasteiger partial charge is 0.416 e. The highest BCUT2D eigenvalue weighted by Crippen LogP contribution is 2.38. The first-order chi connectivity index (χ1) is 10.5. The summed E-state index contributed by atoms with van der Waals surface area (Å²) in [6.45, 7) is 0. The number of carboxylic acid groups (broad SMARTS) is 1. The molecule has 1 aromatic heterocycles. The van der Waals surface area contributed by atoms with Crippen LogP contribution >= 0.6 is 23.2 Å². The Kier molecular flexibility index (Phi) is 4.41. The number of carboxylic acids is 1. The summed E-state index contributed by atoms with van der Waals surface area (Å²) in [5.41, 5.74) is 2.04. The third-order valence-corrected chi connectivity index (χ3v) is 3.56. The molecule has 4 nitrogen and oxygen atoms in total. The number of pyridine rings is 1. The van der Waals surface area contributed by atoms with E-state index in [2.05, 4.69) is 4.98 Å². The lowest BCUT2D eigenvalue weighted by Gasteiger charge is -2.12. The van der Waals surface area contributed by atoms with E-state index in [4.69, 9.17) is 34.0 Å². The summed E-state index contributed by atoms with van der Waals surface area (Å²) >= 11 is 11.3. The number of alkyl halides is 3. The number of aromatic carboxylic acids is 1. The highest BCUT2D eigenvalue weighted by atomic mass is 35.5. The zero-order chi connectivity index (χ0) is 17.5. The molecular weight excluding hydrogens is 363 g/mol. The van der Waals surface area contributed by atoms with Crippen LogP contribution in [-0.4, -0.2) is 16.1 Å². The number of benzene rings is 1. The summed E-state index contributed by atoms with van der Waals surface area (Å²) in [6, 6.07) is 2.10. The van der Waals surface area contributed by atoms with Crippen LogP contribution in [0.4, 0.5) is 23.2 Å². The SMILES string of the molecule is Nc1c(F)c(-c2ccc(C(F)(F)F)cc2Cl)nc(C(=O)O)c1Cl. The average Bonchev–Trinajstić information content (AvgIpc) is 2.44. The summed E-state index contributed by atoms with van der Waals surface area (Å²) in [4.78, 5) is 14.5. The van der Waals surface area contributed by atoms with E-state index in [0.29, 0.717) is 12.1 Å². The van der Waals surface area contributed by atoms with Crippen molar-refractivity contribution in [1.82, 2.24) is 4.98 Å². The topological polar surface area (TPSA) is 76.2 Å². The van der Waals surface area contributed by atoms with E-state index in [1.54, 1.807) is 0 Å². The minimum absolute atomic E-state index is 0.247. The number of hydrogen-bond donors (Lipinski definition) is 2. The Morgan fingerprint density at radius 1 is 1.26 bits per heavy atom. The van der Waals surface area contributed by atoms with Gasteiger partial charge in [0.25, 0.3) is 0 Å². The number of rotatable bonds is 2. The van der Waals surface area contributed by atoms with Gasteiger partial charge in [0.05, 0.1) is 21.3 Å². The average molecular weight is 369 g/mol. The minimum atomic E-state index is -4.64. The van der Waals surface area contributed by atoms with Crippen LogP contribution in [0.2, 0.25) is 10.0 Å². The largest absolute Gasteiger partial charge is 0.476 e. The van der Waals surface area contributed by atoms with E-state index >= 15 is 0 Å². The third kappa shape index (κ3) is 3.18.